The molecule has 6 nitrogen and oxygen atoms in total. The van der Waals surface area contributed by atoms with Crippen molar-refractivity contribution in [3.05, 3.63) is 65.2 Å². The maximum atomic E-state index is 15.2. The molecule has 4 atom stereocenters. The number of rotatable bonds is 6. The molecule has 0 aliphatic carbocycles. The number of halogens is 1. The van der Waals surface area contributed by atoms with E-state index in [1.807, 2.05) is 16.7 Å². The number of carbonyl (C=O) groups excluding carboxylic acids is 2. The van der Waals surface area contributed by atoms with Crippen LogP contribution in [0.4, 0.5) is 4.39 Å². The lowest BCUT2D eigenvalue weighted by molar-refractivity contribution is -0.135. The zero-order valence-electron chi connectivity index (χ0n) is 19.2. The first-order chi connectivity index (χ1) is 15.8. The number of carbonyl (C=O) groups is 2. The van der Waals surface area contributed by atoms with E-state index in [1.54, 1.807) is 31.2 Å². The molecular formula is C26H32FN3O3. The molecule has 7 heteroatoms. The highest BCUT2D eigenvalue weighted by atomic mass is 19.1. The van der Waals surface area contributed by atoms with E-state index in [1.165, 1.54) is 5.56 Å². The molecule has 2 saturated heterocycles. The van der Waals surface area contributed by atoms with Gasteiger partial charge < -0.3 is 15.4 Å². The van der Waals surface area contributed by atoms with Crippen LogP contribution >= 0.6 is 0 Å². The lowest BCUT2D eigenvalue weighted by Crippen LogP contribution is -2.49. The van der Waals surface area contributed by atoms with Crippen molar-refractivity contribution in [1.82, 2.24) is 9.80 Å². The van der Waals surface area contributed by atoms with E-state index in [0.29, 0.717) is 31.8 Å². The van der Waals surface area contributed by atoms with Crippen molar-refractivity contribution in [2.75, 3.05) is 19.6 Å². The van der Waals surface area contributed by atoms with Gasteiger partial charge >= 0.3 is 5.97 Å². The molecule has 2 fully saturated rings. The van der Waals surface area contributed by atoms with Gasteiger partial charge in [-0.1, -0.05) is 42.0 Å². The fraction of sp³-hybridized carbons (Fsp3) is 0.462. The van der Waals surface area contributed by atoms with Crippen molar-refractivity contribution in [3.8, 4) is 5.75 Å². The van der Waals surface area contributed by atoms with Crippen LogP contribution < -0.4 is 10.5 Å². The third kappa shape index (κ3) is 5.42. The van der Waals surface area contributed by atoms with Crippen LogP contribution in [0.1, 0.15) is 42.4 Å². The first-order valence-electron chi connectivity index (χ1n) is 11.6. The number of alkyl halides is 1. The van der Waals surface area contributed by atoms with Crippen LogP contribution in [0.3, 0.4) is 0 Å². The quantitative estimate of drug-likeness (QED) is 0.537. The van der Waals surface area contributed by atoms with Crippen molar-refractivity contribution in [1.29, 1.82) is 0 Å². The highest BCUT2D eigenvalue weighted by Crippen LogP contribution is 2.34. The molecular weight excluding hydrogens is 421 g/mol. The van der Waals surface area contributed by atoms with Gasteiger partial charge in [0.2, 0.25) is 5.91 Å². The Bertz CT molecular complexity index is 977. The molecule has 0 saturated carbocycles. The maximum Gasteiger partial charge on any atom is 0.328 e. The van der Waals surface area contributed by atoms with Crippen LogP contribution in [0.15, 0.2) is 48.5 Å². The standard InChI is InChI=1S/C26H32FN3O3/c1-17-3-5-19(6-4-17)15-30-14-12-24(25(30)31)29-13-11-22(23(27)16-29)20-7-9-21(10-8-20)33-26(32)18(2)28/h3-10,18,22-24H,11-16,28H2,1-2H3. The number of benzene rings is 2. The average molecular weight is 454 g/mol. The summed E-state index contributed by atoms with van der Waals surface area (Å²) in [6, 6.07) is 14.3. The predicted molar refractivity (Wildman–Crippen MR) is 125 cm³/mol. The second kappa shape index (κ2) is 10.0. The molecule has 176 valence electrons. The van der Waals surface area contributed by atoms with Gasteiger partial charge in [0.1, 0.15) is 18.0 Å². The predicted octanol–water partition coefficient (Wildman–Crippen LogP) is 3.18. The lowest BCUT2D eigenvalue weighted by Gasteiger charge is -2.37. The van der Waals surface area contributed by atoms with Gasteiger partial charge in [0.25, 0.3) is 0 Å². The van der Waals surface area contributed by atoms with Crippen molar-refractivity contribution < 1.29 is 18.7 Å². The van der Waals surface area contributed by atoms with E-state index in [-0.39, 0.29) is 24.4 Å². The van der Waals surface area contributed by atoms with Crippen molar-refractivity contribution >= 4 is 11.9 Å². The van der Waals surface area contributed by atoms with Gasteiger partial charge in [0, 0.05) is 25.6 Å². The SMILES string of the molecule is Cc1ccc(CN2CCC(N3CCC(c4ccc(OC(=O)C(C)N)cc4)C(F)C3)C2=O)cc1. The van der Waals surface area contributed by atoms with Gasteiger partial charge in [0.05, 0.1) is 6.04 Å². The van der Waals surface area contributed by atoms with E-state index < -0.39 is 18.2 Å². The number of esters is 1. The minimum Gasteiger partial charge on any atom is -0.425 e. The van der Waals surface area contributed by atoms with Crippen LogP contribution in [0.25, 0.3) is 0 Å². The number of hydrogen-bond acceptors (Lipinski definition) is 5. The number of nitrogens with two attached hydrogens (primary N) is 1. The van der Waals surface area contributed by atoms with Crippen molar-refractivity contribution in [3.63, 3.8) is 0 Å². The molecule has 4 unspecified atom stereocenters. The van der Waals surface area contributed by atoms with E-state index in [2.05, 4.69) is 24.3 Å². The molecule has 0 spiro atoms. The molecule has 2 aromatic rings. The highest BCUT2D eigenvalue weighted by molar-refractivity contribution is 5.84. The van der Waals surface area contributed by atoms with Crippen molar-refractivity contribution in [2.24, 2.45) is 5.73 Å². The molecule has 2 aliphatic heterocycles. The Morgan fingerprint density at radius 3 is 2.45 bits per heavy atom. The van der Waals surface area contributed by atoms with E-state index in [0.717, 1.165) is 17.5 Å². The third-order valence-electron chi connectivity index (χ3n) is 6.68. The van der Waals surface area contributed by atoms with E-state index >= 15 is 4.39 Å². The van der Waals surface area contributed by atoms with Crippen LogP contribution in [-0.2, 0) is 16.1 Å². The molecule has 4 rings (SSSR count). The Labute approximate surface area is 194 Å². The minimum atomic E-state index is -1.06. The monoisotopic (exact) mass is 453 g/mol. The highest BCUT2D eigenvalue weighted by Gasteiger charge is 2.40. The zero-order valence-corrected chi connectivity index (χ0v) is 19.2. The smallest absolute Gasteiger partial charge is 0.328 e. The normalized spacial score (nSPS) is 24.7. The zero-order chi connectivity index (χ0) is 23.5. The second-order valence-corrected chi connectivity index (χ2v) is 9.23. The Balaban J connectivity index is 1.33. The van der Waals surface area contributed by atoms with Gasteiger partial charge in [0.15, 0.2) is 0 Å². The van der Waals surface area contributed by atoms with Gasteiger partial charge in [-0.3, -0.25) is 9.69 Å². The number of ether oxygens (including phenoxy) is 1. The molecule has 2 N–H and O–H groups in total. The summed E-state index contributed by atoms with van der Waals surface area (Å²) < 4.78 is 20.4. The van der Waals surface area contributed by atoms with Crippen LogP contribution in [0.2, 0.25) is 0 Å². The Hall–Kier alpha value is -2.77. The number of likely N-dealkylation sites (tertiary alicyclic amines) is 2. The number of piperidine rings is 1. The summed E-state index contributed by atoms with van der Waals surface area (Å²) in [6.07, 6.45) is 0.319. The molecule has 0 aromatic heterocycles. The van der Waals surface area contributed by atoms with Crippen LogP contribution in [0.5, 0.6) is 5.75 Å². The molecule has 0 bridgehead atoms. The van der Waals surface area contributed by atoms with Crippen molar-refractivity contribution in [2.45, 2.75) is 57.4 Å². The summed E-state index contributed by atoms with van der Waals surface area (Å²) in [6.45, 7) is 5.85. The molecule has 2 heterocycles. The maximum absolute atomic E-state index is 15.2. The minimum absolute atomic E-state index is 0.0986. The third-order valence-corrected chi connectivity index (χ3v) is 6.68. The summed E-state index contributed by atoms with van der Waals surface area (Å²) in [5.41, 5.74) is 8.71. The average Bonchev–Trinajstić information content (AvgIpc) is 3.16. The topological polar surface area (TPSA) is 75.9 Å². The molecule has 2 aliphatic rings. The van der Waals surface area contributed by atoms with E-state index in [9.17, 15) is 9.59 Å². The molecule has 33 heavy (non-hydrogen) atoms. The number of amides is 1. The van der Waals surface area contributed by atoms with Gasteiger partial charge in [-0.15, -0.1) is 0 Å². The summed E-state index contributed by atoms with van der Waals surface area (Å²) in [5.74, 6) is -0.239. The van der Waals surface area contributed by atoms with Crippen LogP contribution in [0, 0.1) is 6.92 Å². The summed E-state index contributed by atoms with van der Waals surface area (Å²) >= 11 is 0. The number of nitrogens with zero attached hydrogens (tertiary/aromatic N) is 2. The fourth-order valence-corrected chi connectivity index (χ4v) is 4.71. The number of aryl methyl sites for hydroxylation is 1. The van der Waals surface area contributed by atoms with Gasteiger partial charge in [-0.05, 0) is 56.5 Å². The lowest BCUT2D eigenvalue weighted by atomic mass is 9.87. The fourth-order valence-electron chi connectivity index (χ4n) is 4.71. The second-order valence-electron chi connectivity index (χ2n) is 9.23. The molecule has 0 radical (unpaired) electrons. The van der Waals surface area contributed by atoms with E-state index in [4.69, 9.17) is 10.5 Å². The largest absolute Gasteiger partial charge is 0.425 e. The first kappa shape index (κ1) is 23.4. The first-order valence-corrected chi connectivity index (χ1v) is 11.6. The Kier molecular flexibility index (Phi) is 7.10. The summed E-state index contributed by atoms with van der Waals surface area (Å²) in [7, 11) is 0. The summed E-state index contributed by atoms with van der Waals surface area (Å²) in [5, 5.41) is 0. The molecule has 1 amide bonds. The number of hydrogen-bond donors (Lipinski definition) is 1. The molecule has 2 aromatic carbocycles. The van der Waals surface area contributed by atoms with Gasteiger partial charge in [-0.2, -0.15) is 0 Å². The summed E-state index contributed by atoms with van der Waals surface area (Å²) in [4.78, 5) is 28.6. The Morgan fingerprint density at radius 1 is 1.12 bits per heavy atom. The Morgan fingerprint density at radius 2 is 1.82 bits per heavy atom. The van der Waals surface area contributed by atoms with Gasteiger partial charge in [-0.25, -0.2) is 9.18 Å². The van der Waals surface area contributed by atoms with Crippen LogP contribution in [-0.4, -0.2) is 59.6 Å².